The van der Waals surface area contributed by atoms with E-state index in [-0.39, 0.29) is 24.4 Å². The largest absolute Gasteiger partial charge is 0.332 e. The normalized spacial score (nSPS) is 19.4. The highest BCUT2D eigenvalue weighted by Crippen LogP contribution is 2.29. The van der Waals surface area contributed by atoms with Crippen LogP contribution in [0, 0.1) is 0 Å². The number of aromatic nitrogens is 2. The molecule has 1 N–H and O–H groups in total. The second-order valence-corrected chi connectivity index (χ2v) is 7.49. The van der Waals surface area contributed by atoms with Crippen LogP contribution in [0.5, 0.6) is 0 Å². The van der Waals surface area contributed by atoms with Gasteiger partial charge in [-0.3, -0.25) is 4.79 Å². The first-order valence-corrected chi connectivity index (χ1v) is 9.33. The summed E-state index contributed by atoms with van der Waals surface area (Å²) in [6, 6.07) is 8.30. The van der Waals surface area contributed by atoms with Crippen molar-refractivity contribution in [2.24, 2.45) is 0 Å². The lowest BCUT2D eigenvalue weighted by Gasteiger charge is -2.33. The third-order valence-electron chi connectivity index (χ3n) is 4.95. The molecule has 2 aliphatic rings. The third kappa shape index (κ3) is 3.35. The highest BCUT2D eigenvalue weighted by atomic mass is 79.9. The van der Waals surface area contributed by atoms with E-state index in [1.807, 2.05) is 33.8 Å². The van der Waals surface area contributed by atoms with Gasteiger partial charge in [-0.25, -0.2) is 4.68 Å². The van der Waals surface area contributed by atoms with Gasteiger partial charge in [0.15, 0.2) is 5.69 Å². The molecule has 5 nitrogen and oxygen atoms in total. The Kier molecular flexibility index (Phi) is 5.51. The number of nitrogens with zero attached hydrogens (tertiary/aromatic N) is 3. The summed E-state index contributed by atoms with van der Waals surface area (Å²) in [6.45, 7) is 4.54. The molecule has 1 amide bonds. The maximum atomic E-state index is 13.1. The number of carbonyl (C=O) groups excluding carboxylic acids is 1. The van der Waals surface area contributed by atoms with Gasteiger partial charge in [-0.05, 0) is 44.4 Å². The van der Waals surface area contributed by atoms with E-state index in [2.05, 4.69) is 28.2 Å². The number of rotatable bonds is 2. The van der Waals surface area contributed by atoms with Gasteiger partial charge in [0.25, 0.3) is 5.91 Å². The van der Waals surface area contributed by atoms with Crippen molar-refractivity contribution in [3.05, 3.63) is 45.7 Å². The number of fused-ring (bicyclic) bond motifs is 1. The first-order valence-electron chi connectivity index (χ1n) is 8.53. The van der Waals surface area contributed by atoms with Gasteiger partial charge in [0.05, 0.1) is 5.69 Å². The Morgan fingerprint density at radius 2 is 2.20 bits per heavy atom. The number of amides is 1. The zero-order valence-corrected chi connectivity index (χ0v) is 16.6. The van der Waals surface area contributed by atoms with Crippen LogP contribution in [-0.2, 0) is 12.8 Å². The molecule has 0 bridgehead atoms. The average Bonchev–Trinajstić information content (AvgIpc) is 3.17. The minimum Gasteiger partial charge on any atom is -0.332 e. The molecule has 1 fully saturated rings. The van der Waals surface area contributed by atoms with Crippen LogP contribution in [0.4, 0.5) is 0 Å². The fourth-order valence-corrected chi connectivity index (χ4v) is 4.10. The number of hydrogen-bond donors (Lipinski definition) is 1. The summed E-state index contributed by atoms with van der Waals surface area (Å²) in [6.07, 6.45) is 3.03. The van der Waals surface area contributed by atoms with Gasteiger partial charge in [0.2, 0.25) is 0 Å². The molecule has 1 aliphatic heterocycles. The number of carbonyl (C=O) groups is 1. The van der Waals surface area contributed by atoms with Crippen LogP contribution in [0.15, 0.2) is 28.7 Å². The number of halogens is 2. The Labute approximate surface area is 162 Å². The topological polar surface area (TPSA) is 50.2 Å². The predicted molar refractivity (Wildman–Crippen MR) is 104 cm³/mol. The van der Waals surface area contributed by atoms with E-state index >= 15 is 0 Å². The smallest absolute Gasteiger partial charge is 0.274 e. The quantitative estimate of drug-likeness (QED) is 0.805. The lowest BCUT2D eigenvalue weighted by molar-refractivity contribution is 0.0648. The number of nitrogens with one attached hydrogen (secondary N) is 1. The van der Waals surface area contributed by atoms with E-state index in [0.717, 1.165) is 54.6 Å². The van der Waals surface area contributed by atoms with Crippen LogP contribution < -0.4 is 5.32 Å². The standard InChI is InChI=1S/C18H21BrN4O.ClH/c1-12-11-20-8-9-22(12)18(24)17-15-6-3-7-16(15)23(21-17)14-5-2-4-13(19)10-14;/h2,4-5,10,12,20H,3,6-9,11H2,1H3;1H/t12-;/m0./s1. The van der Waals surface area contributed by atoms with Gasteiger partial charge in [0, 0.05) is 41.4 Å². The molecule has 2 aromatic rings. The maximum absolute atomic E-state index is 13.1. The van der Waals surface area contributed by atoms with Crippen molar-refractivity contribution in [3.63, 3.8) is 0 Å². The fraction of sp³-hybridized carbons (Fsp3) is 0.444. The number of piperazine rings is 1. The highest BCUT2D eigenvalue weighted by Gasteiger charge is 2.32. The van der Waals surface area contributed by atoms with E-state index in [1.54, 1.807) is 0 Å². The van der Waals surface area contributed by atoms with Gasteiger partial charge in [0.1, 0.15) is 0 Å². The van der Waals surface area contributed by atoms with Crippen molar-refractivity contribution in [1.29, 1.82) is 0 Å². The Morgan fingerprint density at radius 3 is 2.96 bits per heavy atom. The van der Waals surface area contributed by atoms with E-state index in [9.17, 15) is 4.79 Å². The van der Waals surface area contributed by atoms with Crippen LogP contribution in [0.1, 0.15) is 35.1 Å². The lowest BCUT2D eigenvalue weighted by atomic mass is 10.1. The minimum atomic E-state index is 0. The molecule has 0 radical (unpaired) electrons. The maximum Gasteiger partial charge on any atom is 0.274 e. The van der Waals surface area contributed by atoms with Crippen LogP contribution in [0.2, 0.25) is 0 Å². The SMILES string of the molecule is C[C@H]1CNCCN1C(=O)c1nn(-c2cccc(Br)c2)c2c1CCC2.Cl. The molecular weight excluding hydrogens is 404 g/mol. The first-order chi connectivity index (χ1) is 11.6. The average molecular weight is 426 g/mol. The molecule has 1 atom stereocenters. The second kappa shape index (κ2) is 7.48. The summed E-state index contributed by atoms with van der Waals surface area (Å²) in [4.78, 5) is 15.1. The third-order valence-corrected chi connectivity index (χ3v) is 5.44. The van der Waals surface area contributed by atoms with Crippen molar-refractivity contribution in [2.75, 3.05) is 19.6 Å². The predicted octanol–water partition coefficient (Wildman–Crippen LogP) is 2.98. The highest BCUT2D eigenvalue weighted by molar-refractivity contribution is 9.10. The summed E-state index contributed by atoms with van der Waals surface area (Å²) < 4.78 is 2.98. The molecule has 134 valence electrons. The van der Waals surface area contributed by atoms with Crippen molar-refractivity contribution >= 4 is 34.2 Å². The van der Waals surface area contributed by atoms with E-state index < -0.39 is 0 Å². The molecule has 1 aliphatic carbocycles. The van der Waals surface area contributed by atoms with Crippen molar-refractivity contribution in [1.82, 2.24) is 20.0 Å². The van der Waals surface area contributed by atoms with Crippen molar-refractivity contribution < 1.29 is 4.79 Å². The fourth-order valence-electron chi connectivity index (χ4n) is 3.71. The molecule has 25 heavy (non-hydrogen) atoms. The van der Waals surface area contributed by atoms with Crippen LogP contribution in [-0.4, -0.2) is 46.3 Å². The molecule has 0 spiro atoms. The molecular formula is C18H22BrClN4O. The lowest BCUT2D eigenvalue weighted by Crippen LogP contribution is -2.52. The molecule has 0 unspecified atom stereocenters. The zero-order chi connectivity index (χ0) is 16.7. The van der Waals surface area contributed by atoms with Crippen LogP contribution in [0.3, 0.4) is 0 Å². The zero-order valence-electron chi connectivity index (χ0n) is 14.2. The molecule has 1 saturated heterocycles. The monoisotopic (exact) mass is 424 g/mol. The van der Waals surface area contributed by atoms with Gasteiger partial charge in [-0.2, -0.15) is 5.10 Å². The van der Waals surface area contributed by atoms with E-state index in [1.165, 1.54) is 5.69 Å². The summed E-state index contributed by atoms with van der Waals surface area (Å²) in [5.74, 6) is 0.0795. The molecule has 1 aromatic heterocycles. The summed E-state index contributed by atoms with van der Waals surface area (Å²) in [7, 11) is 0. The van der Waals surface area contributed by atoms with Crippen LogP contribution in [0.25, 0.3) is 5.69 Å². The Bertz CT molecular complexity index is 791. The summed E-state index contributed by atoms with van der Waals surface area (Å²) in [5, 5.41) is 8.07. The molecule has 2 heterocycles. The molecule has 7 heteroatoms. The Morgan fingerprint density at radius 1 is 1.36 bits per heavy atom. The second-order valence-electron chi connectivity index (χ2n) is 6.57. The van der Waals surface area contributed by atoms with Gasteiger partial charge < -0.3 is 10.2 Å². The van der Waals surface area contributed by atoms with Gasteiger partial charge >= 0.3 is 0 Å². The van der Waals surface area contributed by atoms with Gasteiger partial charge in [-0.15, -0.1) is 12.4 Å². The number of hydrogen-bond acceptors (Lipinski definition) is 3. The molecule has 0 saturated carbocycles. The Hall–Kier alpha value is -1.37. The summed E-state index contributed by atoms with van der Waals surface area (Å²) >= 11 is 3.52. The Balaban J connectivity index is 0.00000182. The molecule has 4 rings (SSSR count). The minimum absolute atomic E-state index is 0. The van der Waals surface area contributed by atoms with E-state index in [0.29, 0.717) is 5.69 Å². The molecule has 1 aromatic carbocycles. The number of benzene rings is 1. The van der Waals surface area contributed by atoms with E-state index in [4.69, 9.17) is 5.10 Å². The van der Waals surface area contributed by atoms with Gasteiger partial charge in [-0.1, -0.05) is 22.0 Å². The van der Waals surface area contributed by atoms with Crippen LogP contribution >= 0.6 is 28.3 Å². The van der Waals surface area contributed by atoms with Crippen molar-refractivity contribution in [2.45, 2.75) is 32.2 Å². The van der Waals surface area contributed by atoms with Crippen molar-refractivity contribution in [3.8, 4) is 5.69 Å². The summed E-state index contributed by atoms with van der Waals surface area (Å²) in [5.41, 5.74) is 4.00. The first kappa shape index (κ1) is 18.4.